The highest BCUT2D eigenvalue weighted by Gasteiger charge is 2.07. The summed E-state index contributed by atoms with van der Waals surface area (Å²) in [6.45, 7) is 2.27. The summed E-state index contributed by atoms with van der Waals surface area (Å²) in [5, 5.41) is 3.36. The van der Waals surface area contributed by atoms with E-state index in [1.54, 1.807) is 12.1 Å². The molecule has 1 aromatic heterocycles. The molecule has 3 aromatic rings. The largest absolute Gasteiger partial charge is 0.326 e. The van der Waals surface area contributed by atoms with Gasteiger partial charge in [-0.15, -0.1) is 0 Å². The topological polar surface area (TPSA) is 64.0 Å². The Morgan fingerprint density at radius 1 is 1.21 bits per heavy atom. The molecule has 0 bridgehead atoms. The summed E-state index contributed by atoms with van der Waals surface area (Å²) in [6.07, 6.45) is 1.69. The standard InChI is InChI=1S/C18H16BrN3O2/c1-12-2-5-14(6-3-12)21-17(23)8-9-22-11-20-16-7-4-13(19)10-15(16)18(22)24/h2-7,10-11H,8-9H2,1H3,(H,21,23). The first kappa shape index (κ1) is 16.4. The number of aromatic nitrogens is 2. The van der Waals surface area contributed by atoms with Crippen molar-refractivity contribution >= 4 is 38.4 Å². The molecule has 122 valence electrons. The Labute approximate surface area is 147 Å². The number of fused-ring (bicyclic) bond motifs is 1. The van der Waals surface area contributed by atoms with Crippen LogP contribution in [-0.2, 0) is 11.3 Å². The van der Waals surface area contributed by atoms with Crippen molar-refractivity contribution in [3.63, 3.8) is 0 Å². The van der Waals surface area contributed by atoms with Crippen LogP contribution in [0.4, 0.5) is 5.69 Å². The minimum atomic E-state index is -0.149. The van der Waals surface area contributed by atoms with Gasteiger partial charge < -0.3 is 5.32 Å². The number of halogens is 1. The molecule has 0 atom stereocenters. The van der Waals surface area contributed by atoms with Gasteiger partial charge in [0.2, 0.25) is 5.91 Å². The Bertz CT molecular complexity index is 949. The van der Waals surface area contributed by atoms with Gasteiger partial charge in [-0.25, -0.2) is 4.98 Å². The van der Waals surface area contributed by atoms with Gasteiger partial charge in [0.05, 0.1) is 17.2 Å². The molecule has 24 heavy (non-hydrogen) atoms. The molecular formula is C18H16BrN3O2. The maximum absolute atomic E-state index is 12.5. The van der Waals surface area contributed by atoms with Crippen molar-refractivity contribution in [2.24, 2.45) is 0 Å². The van der Waals surface area contributed by atoms with Gasteiger partial charge in [0, 0.05) is 23.1 Å². The third-order valence-corrected chi connectivity index (χ3v) is 4.19. The fourth-order valence-electron chi connectivity index (χ4n) is 2.37. The number of aryl methyl sites for hydroxylation is 2. The lowest BCUT2D eigenvalue weighted by Gasteiger charge is -2.08. The molecule has 5 nitrogen and oxygen atoms in total. The molecule has 2 aromatic carbocycles. The summed E-state index contributed by atoms with van der Waals surface area (Å²) >= 11 is 3.36. The predicted molar refractivity (Wildman–Crippen MR) is 98.1 cm³/mol. The van der Waals surface area contributed by atoms with Crippen LogP contribution >= 0.6 is 15.9 Å². The van der Waals surface area contributed by atoms with E-state index in [4.69, 9.17) is 0 Å². The van der Waals surface area contributed by atoms with Crippen molar-refractivity contribution in [1.82, 2.24) is 9.55 Å². The number of amides is 1. The van der Waals surface area contributed by atoms with Crippen LogP contribution in [0.5, 0.6) is 0 Å². The molecule has 0 fully saturated rings. The quantitative estimate of drug-likeness (QED) is 0.747. The Morgan fingerprint density at radius 3 is 2.71 bits per heavy atom. The molecule has 0 aliphatic heterocycles. The second-order valence-electron chi connectivity index (χ2n) is 5.57. The number of carbonyl (C=O) groups is 1. The van der Waals surface area contributed by atoms with Crippen molar-refractivity contribution in [3.05, 3.63) is 69.2 Å². The minimum Gasteiger partial charge on any atom is -0.326 e. The zero-order chi connectivity index (χ0) is 17.1. The smallest absolute Gasteiger partial charge is 0.261 e. The van der Waals surface area contributed by atoms with Gasteiger partial charge in [0.15, 0.2) is 0 Å². The Morgan fingerprint density at radius 2 is 1.96 bits per heavy atom. The van der Waals surface area contributed by atoms with Gasteiger partial charge in [-0.2, -0.15) is 0 Å². The number of nitrogens with zero attached hydrogens (tertiary/aromatic N) is 2. The van der Waals surface area contributed by atoms with E-state index in [0.29, 0.717) is 10.9 Å². The zero-order valence-corrected chi connectivity index (χ0v) is 14.7. The zero-order valence-electron chi connectivity index (χ0n) is 13.1. The monoisotopic (exact) mass is 385 g/mol. The molecule has 0 spiro atoms. The Balaban J connectivity index is 1.71. The van der Waals surface area contributed by atoms with Gasteiger partial charge in [-0.1, -0.05) is 33.6 Å². The first-order valence-electron chi connectivity index (χ1n) is 7.54. The SMILES string of the molecule is Cc1ccc(NC(=O)CCn2cnc3ccc(Br)cc3c2=O)cc1. The average Bonchev–Trinajstić information content (AvgIpc) is 2.57. The van der Waals surface area contributed by atoms with Gasteiger partial charge >= 0.3 is 0 Å². The maximum atomic E-state index is 12.5. The highest BCUT2D eigenvalue weighted by atomic mass is 79.9. The van der Waals surface area contributed by atoms with Crippen molar-refractivity contribution in [2.45, 2.75) is 19.9 Å². The highest BCUT2D eigenvalue weighted by Crippen LogP contribution is 2.15. The van der Waals surface area contributed by atoms with Crippen LogP contribution in [0, 0.1) is 6.92 Å². The maximum Gasteiger partial charge on any atom is 0.261 e. The molecule has 3 rings (SSSR count). The summed E-state index contributed by atoms with van der Waals surface area (Å²) in [4.78, 5) is 28.8. The summed E-state index contributed by atoms with van der Waals surface area (Å²) in [5.74, 6) is -0.139. The van der Waals surface area contributed by atoms with Crippen LogP contribution in [0.1, 0.15) is 12.0 Å². The number of rotatable bonds is 4. The number of carbonyl (C=O) groups excluding carboxylic acids is 1. The molecule has 0 saturated carbocycles. The van der Waals surface area contributed by atoms with Crippen LogP contribution in [0.3, 0.4) is 0 Å². The van der Waals surface area contributed by atoms with Crippen LogP contribution in [0.2, 0.25) is 0 Å². The highest BCUT2D eigenvalue weighted by molar-refractivity contribution is 9.10. The van der Waals surface area contributed by atoms with E-state index < -0.39 is 0 Å². The fourth-order valence-corrected chi connectivity index (χ4v) is 2.73. The number of anilines is 1. The molecule has 0 unspecified atom stereocenters. The van der Waals surface area contributed by atoms with Gasteiger partial charge in [-0.3, -0.25) is 14.2 Å². The molecule has 0 aliphatic carbocycles. The molecule has 0 radical (unpaired) electrons. The second kappa shape index (κ2) is 6.97. The molecule has 1 amide bonds. The lowest BCUT2D eigenvalue weighted by molar-refractivity contribution is -0.116. The van der Waals surface area contributed by atoms with Gasteiger partial charge in [0.1, 0.15) is 0 Å². The Hall–Kier alpha value is -2.47. The van der Waals surface area contributed by atoms with Crippen LogP contribution in [-0.4, -0.2) is 15.5 Å². The van der Waals surface area contributed by atoms with E-state index in [-0.39, 0.29) is 24.4 Å². The summed E-state index contributed by atoms with van der Waals surface area (Å²) in [7, 11) is 0. The van der Waals surface area contributed by atoms with Gasteiger partial charge in [-0.05, 0) is 37.3 Å². The van der Waals surface area contributed by atoms with E-state index in [1.165, 1.54) is 10.9 Å². The lowest BCUT2D eigenvalue weighted by Crippen LogP contribution is -2.23. The third-order valence-electron chi connectivity index (χ3n) is 3.70. The molecule has 0 aliphatic rings. The fraction of sp³-hybridized carbons (Fsp3) is 0.167. The lowest BCUT2D eigenvalue weighted by atomic mass is 10.2. The van der Waals surface area contributed by atoms with Gasteiger partial charge in [0.25, 0.3) is 5.56 Å². The normalized spacial score (nSPS) is 10.8. The van der Waals surface area contributed by atoms with E-state index >= 15 is 0 Å². The van der Waals surface area contributed by atoms with E-state index in [1.807, 2.05) is 37.3 Å². The first-order chi connectivity index (χ1) is 11.5. The van der Waals surface area contributed by atoms with Crippen LogP contribution in [0.15, 0.2) is 58.1 Å². The van der Waals surface area contributed by atoms with Crippen molar-refractivity contribution < 1.29 is 4.79 Å². The second-order valence-corrected chi connectivity index (χ2v) is 6.48. The van der Waals surface area contributed by atoms with E-state index in [0.717, 1.165) is 15.7 Å². The van der Waals surface area contributed by atoms with Crippen molar-refractivity contribution in [3.8, 4) is 0 Å². The minimum absolute atomic E-state index is 0.139. The van der Waals surface area contributed by atoms with E-state index in [2.05, 4.69) is 26.2 Å². The number of nitrogens with one attached hydrogen (secondary N) is 1. The summed E-state index contributed by atoms with van der Waals surface area (Å²) in [5.41, 5.74) is 2.37. The summed E-state index contributed by atoms with van der Waals surface area (Å²) < 4.78 is 2.28. The third kappa shape index (κ3) is 3.71. The molecular weight excluding hydrogens is 370 g/mol. The number of hydrogen-bond acceptors (Lipinski definition) is 3. The Kier molecular flexibility index (Phi) is 4.76. The van der Waals surface area contributed by atoms with Crippen molar-refractivity contribution in [1.29, 1.82) is 0 Å². The summed E-state index contributed by atoms with van der Waals surface area (Å²) in [6, 6.07) is 13.0. The van der Waals surface area contributed by atoms with Crippen LogP contribution in [0.25, 0.3) is 10.9 Å². The molecule has 6 heteroatoms. The number of benzene rings is 2. The molecule has 0 saturated heterocycles. The number of hydrogen-bond donors (Lipinski definition) is 1. The first-order valence-corrected chi connectivity index (χ1v) is 8.33. The van der Waals surface area contributed by atoms with Crippen LogP contribution < -0.4 is 10.9 Å². The van der Waals surface area contributed by atoms with Crippen molar-refractivity contribution in [2.75, 3.05) is 5.32 Å². The molecule has 1 heterocycles. The molecule has 1 N–H and O–H groups in total. The predicted octanol–water partition coefficient (Wildman–Crippen LogP) is 3.50. The van der Waals surface area contributed by atoms with E-state index in [9.17, 15) is 9.59 Å². The average molecular weight is 386 g/mol.